The number of carbonyl (C=O) groups excluding carboxylic acids is 1. The Bertz CT molecular complexity index is 1340. The van der Waals surface area contributed by atoms with E-state index in [9.17, 15) is 31.5 Å². The van der Waals surface area contributed by atoms with Gasteiger partial charge in [-0.05, 0) is 18.6 Å². The molecule has 0 aliphatic carbocycles. The first kappa shape index (κ1) is 22.2. The number of rotatable bonds is 4. The maximum absolute atomic E-state index is 13.3. The van der Waals surface area contributed by atoms with E-state index in [0.717, 1.165) is 23.1 Å². The smallest absolute Gasteiger partial charge is 0.369 e. The van der Waals surface area contributed by atoms with Gasteiger partial charge in [0.05, 0.1) is 11.6 Å². The first-order valence-corrected chi connectivity index (χ1v) is 10.3. The molecule has 2 aliphatic heterocycles. The van der Waals surface area contributed by atoms with Crippen molar-refractivity contribution in [3.05, 3.63) is 40.6 Å². The summed E-state index contributed by atoms with van der Waals surface area (Å²) in [6, 6.07) is 2.38. The highest BCUT2D eigenvalue weighted by atomic mass is 19.4. The van der Waals surface area contributed by atoms with Gasteiger partial charge in [0.1, 0.15) is 17.6 Å². The van der Waals surface area contributed by atoms with E-state index in [1.165, 1.54) is 22.6 Å². The summed E-state index contributed by atoms with van der Waals surface area (Å²) >= 11 is 0. The van der Waals surface area contributed by atoms with Gasteiger partial charge in [-0.3, -0.25) is 24.0 Å². The molecule has 0 bridgehead atoms. The van der Waals surface area contributed by atoms with Crippen LogP contribution < -0.4 is 15.4 Å². The number of fused-ring (bicyclic) bond motifs is 1. The molecule has 180 valence electrons. The molecule has 5 heterocycles. The quantitative estimate of drug-likeness (QED) is 0.528. The fourth-order valence-corrected chi connectivity index (χ4v) is 4.54. The van der Waals surface area contributed by atoms with E-state index in [1.807, 2.05) is 0 Å². The van der Waals surface area contributed by atoms with Crippen LogP contribution in [0.25, 0.3) is 11.0 Å². The molecular weight excluding hydrogens is 465 g/mol. The van der Waals surface area contributed by atoms with Crippen molar-refractivity contribution < 1.29 is 26.7 Å². The topological polar surface area (TPSA) is 89.2 Å². The van der Waals surface area contributed by atoms with Gasteiger partial charge >= 0.3 is 6.18 Å². The van der Waals surface area contributed by atoms with Gasteiger partial charge in [-0.15, -0.1) is 0 Å². The maximum Gasteiger partial charge on any atom is 0.433 e. The van der Waals surface area contributed by atoms with Crippen molar-refractivity contribution in [2.75, 3.05) is 29.4 Å². The summed E-state index contributed by atoms with van der Waals surface area (Å²) in [5, 5.41) is 3.87. The third kappa shape index (κ3) is 3.39. The molecule has 3 aromatic rings. The molecule has 2 saturated heterocycles. The number of hydrogen-bond donors (Lipinski definition) is 0. The molecule has 1 amide bonds. The Hall–Kier alpha value is -3.58. The van der Waals surface area contributed by atoms with Gasteiger partial charge in [0.2, 0.25) is 11.9 Å². The van der Waals surface area contributed by atoms with E-state index < -0.39 is 35.8 Å². The van der Waals surface area contributed by atoms with E-state index >= 15 is 0 Å². The molecule has 34 heavy (non-hydrogen) atoms. The molecule has 3 aromatic heterocycles. The molecule has 0 radical (unpaired) electrons. The van der Waals surface area contributed by atoms with Crippen molar-refractivity contribution in [1.82, 2.24) is 24.3 Å². The molecule has 2 aliphatic rings. The van der Waals surface area contributed by atoms with Gasteiger partial charge < -0.3 is 4.90 Å². The molecule has 0 atom stereocenters. The third-order valence-corrected chi connectivity index (χ3v) is 6.30. The number of pyridine rings is 1. The van der Waals surface area contributed by atoms with Crippen molar-refractivity contribution in [3.8, 4) is 0 Å². The second-order valence-corrected chi connectivity index (χ2v) is 8.47. The molecule has 2 fully saturated rings. The predicted molar refractivity (Wildman–Crippen MR) is 110 cm³/mol. The standard InChI is InChI=1S/C20H18F5N7O2/c1-29-16(33)12-7-27-32(8-14(21)22)15(12)28-18(29)31-5-3-19(17(31)34)9-30(10-19)11-2-4-26-13(6-11)20(23,24)25/h2,4,6-7,14H,3,5,8-10H2,1H3. The first-order valence-electron chi connectivity index (χ1n) is 10.3. The predicted octanol–water partition coefficient (Wildman–Crippen LogP) is 2.05. The van der Waals surface area contributed by atoms with Gasteiger partial charge in [-0.2, -0.15) is 23.3 Å². The van der Waals surface area contributed by atoms with Crippen molar-refractivity contribution >= 4 is 28.6 Å². The molecule has 0 saturated carbocycles. The average Bonchev–Trinajstić information content (AvgIpc) is 3.30. The molecule has 0 unspecified atom stereocenters. The Labute approximate surface area is 188 Å². The van der Waals surface area contributed by atoms with Crippen LogP contribution in [0.4, 0.5) is 33.6 Å². The van der Waals surface area contributed by atoms with E-state index in [2.05, 4.69) is 15.1 Å². The summed E-state index contributed by atoms with van der Waals surface area (Å²) in [5.41, 5.74) is -2.11. The van der Waals surface area contributed by atoms with Crippen LogP contribution in [0, 0.1) is 5.41 Å². The van der Waals surface area contributed by atoms with Crippen molar-refractivity contribution in [3.63, 3.8) is 0 Å². The molecule has 0 N–H and O–H groups in total. The molecule has 9 nitrogen and oxygen atoms in total. The highest BCUT2D eigenvalue weighted by Crippen LogP contribution is 2.44. The molecular formula is C20H18F5N7O2. The molecule has 5 rings (SSSR count). The molecule has 0 aromatic carbocycles. The monoisotopic (exact) mass is 483 g/mol. The third-order valence-electron chi connectivity index (χ3n) is 6.30. The van der Waals surface area contributed by atoms with Gasteiger partial charge in [0, 0.05) is 38.6 Å². The summed E-state index contributed by atoms with van der Waals surface area (Å²) in [5.74, 6) is -0.312. The number of halogens is 5. The number of carbonyl (C=O) groups is 1. The fraction of sp³-hybridized carbons (Fsp3) is 0.450. The van der Waals surface area contributed by atoms with Crippen molar-refractivity contribution in [2.45, 2.75) is 25.6 Å². The van der Waals surface area contributed by atoms with Gasteiger partial charge in [-0.1, -0.05) is 0 Å². The minimum atomic E-state index is -4.58. The van der Waals surface area contributed by atoms with E-state index in [0.29, 0.717) is 12.1 Å². The minimum Gasteiger partial charge on any atom is -0.369 e. The Morgan fingerprint density at radius 2 is 1.94 bits per heavy atom. The van der Waals surface area contributed by atoms with Gasteiger partial charge in [-0.25, -0.2) is 13.5 Å². The lowest BCUT2D eigenvalue weighted by Gasteiger charge is -2.47. The highest BCUT2D eigenvalue weighted by Gasteiger charge is 2.56. The van der Waals surface area contributed by atoms with Crippen LogP contribution in [0.3, 0.4) is 0 Å². The maximum atomic E-state index is 13.3. The summed E-state index contributed by atoms with van der Waals surface area (Å²) < 4.78 is 66.8. The Balaban J connectivity index is 1.41. The van der Waals surface area contributed by atoms with Crippen LogP contribution >= 0.6 is 0 Å². The lowest BCUT2D eigenvalue weighted by Crippen LogP contribution is -2.60. The van der Waals surface area contributed by atoms with Gasteiger partial charge in [0.15, 0.2) is 5.65 Å². The SMILES string of the molecule is Cn1c(N2CCC3(CN(c4ccnc(C(F)(F)F)c4)C3)C2=O)nc2c(cnn2CC(F)F)c1=O. The van der Waals surface area contributed by atoms with Gasteiger partial charge in [0.25, 0.3) is 12.0 Å². The second kappa shape index (κ2) is 7.46. The molecule has 14 heteroatoms. The minimum absolute atomic E-state index is 0.0112. The number of alkyl halides is 5. The van der Waals surface area contributed by atoms with Crippen molar-refractivity contribution in [2.24, 2.45) is 12.5 Å². The zero-order chi connectivity index (χ0) is 24.4. The molecule has 1 spiro atoms. The Morgan fingerprint density at radius 1 is 1.21 bits per heavy atom. The van der Waals surface area contributed by atoms with Crippen LogP contribution in [0.15, 0.2) is 29.3 Å². The fourth-order valence-electron chi connectivity index (χ4n) is 4.54. The number of amides is 1. The van der Waals surface area contributed by atoms with Crippen LogP contribution in [0.5, 0.6) is 0 Å². The summed E-state index contributed by atoms with van der Waals surface area (Å²) in [4.78, 5) is 36.7. The zero-order valence-corrected chi connectivity index (χ0v) is 17.8. The number of aromatic nitrogens is 5. The number of nitrogens with zero attached hydrogens (tertiary/aromatic N) is 7. The average molecular weight is 483 g/mol. The van der Waals surface area contributed by atoms with Crippen LogP contribution in [0.1, 0.15) is 12.1 Å². The highest BCUT2D eigenvalue weighted by molar-refractivity contribution is 6.01. The van der Waals surface area contributed by atoms with Crippen LogP contribution in [-0.2, 0) is 24.6 Å². The van der Waals surface area contributed by atoms with E-state index in [1.54, 1.807) is 4.90 Å². The zero-order valence-electron chi connectivity index (χ0n) is 17.8. The number of hydrogen-bond acceptors (Lipinski definition) is 6. The summed E-state index contributed by atoms with van der Waals surface area (Å²) in [6.45, 7) is -0.125. The lowest BCUT2D eigenvalue weighted by molar-refractivity contribution is -0.141. The normalized spacial score (nSPS) is 17.9. The summed E-state index contributed by atoms with van der Waals surface area (Å²) in [7, 11) is 1.43. The largest absolute Gasteiger partial charge is 0.433 e. The Kier molecular flexibility index (Phi) is 4.88. The number of anilines is 2. The lowest BCUT2D eigenvalue weighted by atomic mass is 9.78. The van der Waals surface area contributed by atoms with E-state index in [4.69, 9.17) is 0 Å². The second-order valence-electron chi connectivity index (χ2n) is 8.47. The van der Waals surface area contributed by atoms with Crippen molar-refractivity contribution in [1.29, 1.82) is 0 Å². The Morgan fingerprint density at radius 3 is 2.62 bits per heavy atom. The first-order chi connectivity index (χ1) is 16.0. The van der Waals surface area contributed by atoms with Crippen LogP contribution in [-0.4, -0.2) is 56.3 Å². The van der Waals surface area contributed by atoms with E-state index in [-0.39, 0.29) is 42.5 Å². The van der Waals surface area contributed by atoms with Crippen LogP contribution in [0.2, 0.25) is 0 Å². The summed E-state index contributed by atoms with van der Waals surface area (Å²) in [6.07, 6.45) is -4.64.